The molecular weight excluding hydrogens is 364 g/mol. The van der Waals surface area contributed by atoms with E-state index in [-0.39, 0.29) is 18.6 Å². The molecule has 156 valence electrons. The summed E-state index contributed by atoms with van der Waals surface area (Å²) in [6.45, 7) is 2.58. The average Bonchev–Trinajstić information content (AvgIpc) is 2.77. The van der Waals surface area contributed by atoms with Crippen molar-refractivity contribution in [3.63, 3.8) is 0 Å². The Balaban J connectivity index is 1.52. The predicted molar refractivity (Wildman–Crippen MR) is 114 cm³/mol. The third-order valence-electron chi connectivity index (χ3n) is 5.84. The smallest absolute Gasteiger partial charge is 0.237 e. The minimum Gasteiger partial charge on any atom is -0.394 e. The molecular formula is C24H32N2O3. The van der Waals surface area contributed by atoms with Gasteiger partial charge in [-0.2, -0.15) is 0 Å². The number of piperidine rings is 1. The highest BCUT2D eigenvalue weighted by molar-refractivity contribution is 5.82. The van der Waals surface area contributed by atoms with Gasteiger partial charge in [-0.1, -0.05) is 60.2 Å². The van der Waals surface area contributed by atoms with Crippen LogP contribution >= 0.6 is 0 Å². The van der Waals surface area contributed by atoms with Crippen molar-refractivity contribution in [2.24, 2.45) is 5.92 Å². The maximum atomic E-state index is 12.8. The van der Waals surface area contributed by atoms with Gasteiger partial charge >= 0.3 is 0 Å². The summed E-state index contributed by atoms with van der Waals surface area (Å²) in [5, 5.41) is 26.3. The van der Waals surface area contributed by atoms with E-state index in [1.807, 2.05) is 18.2 Å². The van der Waals surface area contributed by atoms with Gasteiger partial charge in [0.05, 0.1) is 18.7 Å². The van der Waals surface area contributed by atoms with E-state index in [1.54, 1.807) is 12.1 Å². The van der Waals surface area contributed by atoms with Gasteiger partial charge < -0.3 is 20.8 Å². The highest BCUT2D eigenvalue weighted by Crippen LogP contribution is 2.23. The number of amides is 1. The molecule has 1 aliphatic heterocycles. The van der Waals surface area contributed by atoms with E-state index >= 15 is 0 Å². The lowest BCUT2D eigenvalue weighted by Crippen LogP contribution is -2.53. The highest BCUT2D eigenvalue weighted by Gasteiger charge is 2.30. The Morgan fingerprint density at radius 3 is 2.59 bits per heavy atom. The molecule has 4 atom stereocenters. The SMILES string of the molecule is Cc1ccc(CC[C@H]2CCN[C@@H](C(=O)N[C@@H](CO)[C@@H](O)c3ccccc3)C2)cc1. The number of hydrogen-bond acceptors (Lipinski definition) is 4. The first-order valence-electron chi connectivity index (χ1n) is 10.5. The number of hydrogen-bond donors (Lipinski definition) is 4. The number of aliphatic hydroxyl groups excluding tert-OH is 2. The maximum Gasteiger partial charge on any atom is 0.237 e. The molecule has 0 saturated carbocycles. The second-order valence-corrected chi connectivity index (χ2v) is 8.07. The van der Waals surface area contributed by atoms with Gasteiger partial charge in [0, 0.05) is 0 Å². The van der Waals surface area contributed by atoms with E-state index in [0.29, 0.717) is 11.5 Å². The Morgan fingerprint density at radius 2 is 1.90 bits per heavy atom. The van der Waals surface area contributed by atoms with Gasteiger partial charge in [-0.25, -0.2) is 0 Å². The molecule has 0 unspecified atom stereocenters. The molecule has 1 amide bonds. The Labute approximate surface area is 173 Å². The van der Waals surface area contributed by atoms with Crippen LogP contribution in [0.4, 0.5) is 0 Å². The first-order valence-corrected chi connectivity index (χ1v) is 10.5. The molecule has 1 aliphatic rings. The minimum absolute atomic E-state index is 0.154. The van der Waals surface area contributed by atoms with Crippen molar-refractivity contribution in [2.75, 3.05) is 13.2 Å². The molecule has 0 bridgehead atoms. The molecule has 2 aromatic rings. The normalized spacial score (nSPS) is 21.3. The minimum atomic E-state index is -0.939. The Kier molecular flexibility index (Phi) is 7.81. The molecule has 0 aromatic heterocycles. The maximum absolute atomic E-state index is 12.8. The lowest BCUT2D eigenvalue weighted by atomic mass is 9.87. The third kappa shape index (κ3) is 6.13. The molecule has 1 fully saturated rings. The summed E-state index contributed by atoms with van der Waals surface area (Å²) in [6.07, 6.45) is 2.98. The summed E-state index contributed by atoms with van der Waals surface area (Å²) in [5.74, 6) is 0.332. The zero-order chi connectivity index (χ0) is 20.6. The standard InChI is InChI=1S/C24H32N2O3/c1-17-7-9-18(10-8-17)11-12-19-13-14-25-21(15-19)24(29)26-22(16-27)23(28)20-5-3-2-4-6-20/h2-10,19,21-23,25,27-28H,11-16H2,1H3,(H,26,29)/t19-,21+,22-,23-/m0/s1. The summed E-state index contributed by atoms with van der Waals surface area (Å²) < 4.78 is 0. The zero-order valence-corrected chi connectivity index (χ0v) is 17.1. The van der Waals surface area contributed by atoms with E-state index in [4.69, 9.17) is 0 Å². The Hall–Kier alpha value is -2.21. The summed E-state index contributed by atoms with van der Waals surface area (Å²) in [4.78, 5) is 12.8. The second-order valence-electron chi connectivity index (χ2n) is 8.07. The molecule has 0 aliphatic carbocycles. The summed E-state index contributed by atoms with van der Waals surface area (Å²) in [6, 6.07) is 16.7. The molecule has 5 heteroatoms. The average molecular weight is 397 g/mol. The van der Waals surface area contributed by atoms with Crippen LogP contribution in [-0.2, 0) is 11.2 Å². The van der Waals surface area contributed by atoms with E-state index in [0.717, 1.165) is 32.2 Å². The van der Waals surface area contributed by atoms with Crippen molar-refractivity contribution in [3.8, 4) is 0 Å². The Bertz CT molecular complexity index is 763. The largest absolute Gasteiger partial charge is 0.394 e. The number of carbonyl (C=O) groups is 1. The topological polar surface area (TPSA) is 81.6 Å². The van der Waals surface area contributed by atoms with Crippen LogP contribution in [0.15, 0.2) is 54.6 Å². The second kappa shape index (κ2) is 10.5. The van der Waals surface area contributed by atoms with Crippen LogP contribution in [0.1, 0.15) is 42.1 Å². The van der Waals surface area contributed by atoms with Crippen molar-refractivity contribution in [1.82, 2.24) is 10.6 Å². The molecule has 3 rings (SSSR count). The third-order valence-corrected chi connectivity index (χ3v) is 5.84. The zero-order valence-electron chi connectivity index (χ0n) is 17.1. The van der Waals surface area contributed by atoms with E-state index < -0.39 is 12.1 Å². The summed E-state index contributed by atoms with van der Waals surface area (Å²) in [5.41, 5.74) is 3.28. The first kappa shape index (κ1) is 21.5. The van der Waals surface area contributed by atoms with Gasteiger partial charge in [0.1, 0.15) is 6.10 Å². The monoisotopic (exact) mass is 396 g/mol. The van der Waals surface area contributed by atoms with Crippen LogP contribution in [0.2, 0.25) is 0 Å². The molecule has 5 nitrogen and oxygen atoms in total. The van der Waals surface area contributed by atoms with E-state index in [9.17, 15) is 15.0 Å². The first-order chi connectivity index (χ1) is 14.1. The van der Waals surface area contributed by atoms with Crippen LogP contribution < -0.4 is 10.6 Å². The number of rotatable bonds is 8. The lowest BCUT2D eigenvalue weighted by molar-refractivity contribution is -0.126. The Morgan fingerprint density at radius 1 is 1.17 bits per heavy atom. The number of carbonyl (C=O) groups excluding carboxylic acids is 1. The fourth-order valence-electron chi connectivity index (χ4n) is 3.97. The molecule has 29 heavy (non-hydrogen) atoms. The molecule has 4 N–H and O–H groups in total. The van der Waals surface area contributed by atoms with E-state index in [2.05, 4.69) is 41.8 Å². The highest BCUT2D eigenvalue weighted by atomic mass is 16.3. The van der Waals surface area contributed by atoms with Crippen molar-refractivity contribution in [1.29, 1.82) is 0 Å². The molecule has 1 heterocycles. The molecule has 0 spiro atoms. The summed E-state index contributed by atoms with van der Waals surface area (Å²) >= 11 is 0. The summed E-state index contributed by atoms with van der Waals surface area (Å²) in [7, 11) is 0. The van der Waals surface area contributed by atoms with Crippen LogP contribution in [-0.4, -0.2) is 41.4 Å². The molecule has 0 radical (unpaired) electrons. The van der Waals surface area contributed by atoms with Crippen LogP contribution in [0.25, 0.3) is 0 Å². The number of benzene rings is 2. The quantitative estimate of drug-likeness (QED) is 0.553. The van der Waals surface area contributed by atoms with Gasteiger partial charge in [-0.15, -0.1) is 0 Å². The van der Waals surface area contributed by atoms with Gasteiger partial charge in [0.15, 0.2) is 0 Å². The molecule has 1 saturated heterocycles. The van der Waals surface area contributed by atoms with Crippen LogP contribution in [0.3, 0.4) is 0 Å². The predicted octanol–water partition coefficient (Wildman–Crippen LogP) is 2.51. The lowest BCUT2D eigenvalue weighted by Gasteiger charge is -2.31. The molecule has 2 aromatic carbocycles. The fraction of sp³-hybridized carbons (Fsp3) is 0.458. The van der Waals surface area contributed by atoms with Crippen LogP contribution in [0, 0.1) is 12.8 Å². The number of aliphatic hydroxyl groups is 2. The van der Waals surface area contributed by atoms with Gasteiger partial charge in [0.2, 0.25) is 5.91 Å². The van der Waals surface area contributed by atoms with Gasteiger partial charge in [-0.3, -0.25) is 4.79 Å². The van der Waals surface area contributed by atoms with Gasteiger partial charge in [0.25, 0.3) is 0 Å². The fourth-order valence-corrected chi connectivity index (χ4v) is 3.97. The number of nitrogens with one attached hydrogen (secondary N) is 2. The van der Waals surface area contributed by atoms with Crippen molar-refractivity contribution < 1.29 is 15.0 Å². The van der Waals surface area contributed by atoms with Crippen molar-refractivity contribution >= 4 is 5.91 Å². The van der Waals surface area contributed by atoms with Gasteiger partial charge in [-0.05, 0) is 56.2 Å². The van der Waals surface area contributed by atoms with Crippen molar-refractivity contribution in [3.05, 3.63) is 71.3 Å². The van der Waals surface area contributed by atoms with Crippen molar-refractivity contribution in [2.45, 2.75) is 50.8 Å². The number of aryl methyl sites for hydroxylation is 2. The van der Waals surface area contributed by atoms with E-state index in [1.165, 1.54) is 11.1 Å². The van der Waals surface area contributed by atoms with Crippen LogP contribution in [0.5, 0.6) is 0 Å².